The highest BCUT2D eigenvalue weighted by Crippen LogP contribution is 2.22. The molecule has 2 N–H and O–H groups in total. The number of nitrogens with one attached hydrogen (secondary N) is 1. The van der Waals surface area contributed by atoms with E-state index in [1.165, 1.54) is 0 Å². The van der Waals surface area contributed by atoms with Gasteiger partial charge in [0.2, 0.25) is 0 Å². The number of benzene rings is 1. The Morgan fingerprint density at radius 1 is 1.35 bits per heavy atom. The number of carbonyl (C=O) groups is 2. The minimum atomic E-state index is -1.08. The molecular weight excluding hydrogens is 268 g/mol. The number of carboxylic acid groups (broad SMARTS) is 1. The van der Waals surface area contributed by atoms with Crippen LogP contribution in [0.2, 0.25) is 0 Å². The van der Waals surface area contributed by atoms with Crippen LogP contribution in [0, 0.1) is 17.6 Å². The lowest BCUT2D eigenvalue weighted by molar-refractivity contribution is -0.138. The SMILES string of the molecule is CC(C)C(C)(CC(=O)O)NC(=O)c1cc(F)ccc1F. The summed E-state index contributed by atoms with van der Waals surface area (Å²) in [5, 5.41) is 11.4. The van der Waals surface area contributed by atoms with Crippen molar-refractivity contribution in [1.82, 2.24) is 5.32 Å². The van der Waals surface area contributed by atoms with Gasteiger partial charge in [-0.15, -0.1) is 0 Å². The van der Waals surface area contributed by atoms with E-state index in [0.29, 0.717) is 0 Å². The molecule has 1 atom stereocenters. The fourth-order valence-corrected chi connectivity index (χ4v) is 1.70. The minimum absolute atomic E-state index is 0.195. The average Bonchev–Trinajstić information content (AvgIpc) is 2.30. The fraction of sp³-hybridized carbons (Fsp3) is 0.429. The number of carbonyl (C=O) groups excluding carboxylic acids is 1. The summed E-state index contributed by atoms with van der Waals surface area (Å²) in [7, 11) is 0. The first-order chi connectivity index (χ1) is 9.15. The first kappa shape index (κ1) is 16.1. The van der Waals surface area contributed by atoms with Gasteiger partial charge in [-0.2, -0.15) is 0 Å². The predicted molar refractivity (Wildman–Crippen MR) is 69.3 cm³/mol. The molecule has 6 heteroatoms. The predicted octanol–water partition coefficient (Wildman–Crippen LogP) is 2.58. The van der Waals surface area contributed by atoms with Crippen molar-refractivity contribution in [3.05, 3.63) is 35.4 Å². The zero-order valence-electron chi connectivity index (χ0n) is 11.5. The average molecular weight is 285 g/mol. The van der Waals surface area contributed by atoms with Crippen LogP contribution in [-0.2, 0) is 4.79 Å². The van der Waals surface area contributed by atoms with Gasteiger partial charge in [0.25, 0.3) is 5.91 Å². The highest BCUT2D eigenvalue weighted by Gasteiger charge is 2.33. The lowest BCUT2D eigenvalue weighted by atomic mass is 9.85. The van der Waals surface area contributed by atoms with E-state index >= 15 is 0 Å². The molecule has 0 aliphatic carbocycles. The zero-order valence-corrected chi connectivity index (χ0v) is 11.5. The maximum atomic E-state index is 13.5. The number of amides is 1. The van der Waals surface area contributed by atoms with E-state index in [1.807, 2.05) is 0 Å². The molecule has 1 amide bonds. The summed E-state index contributed by atoms with van der Waals surface area (Å²) in [6, 6.07) is 2.55. The maximum absolute atomic E-state index is 13.5. The van der Waals surface area contributed by atoms with Crippen LogP contribution in [0.5, 0.6) is 0 Å². The minimum Gasteiger partial charge on any atom is -0.481 e. The number of rotatable bonds is 5. The van der Waals surface area contributed by atoms with Crippen molar-refractivity contribution in [2.24, 2.45) is 5.92 Å². The Morgan fingerprint density at radius 2 is 1.95 bits per heavy atom. The standard InChI is InChI=1S/C14H17F2NO3/c1-8(2)14(3,7-12(18)19)17-13(20)10-6-9(15)4-5-11(10)16/h4-6,8H,7H2,1-3H3,(H,17,20)(H,18,19). The zero-order chi connectivity index (χ0) is 15.5. The van der Waals surface area contributed by atoms with Crippen molar-refractivity contribution in [1.29, 1.82) is 0 Å². The van der Waals surface area contributed by atoms with Crippen molar-refractivity contribution in [3.63, 3.8) is 0 Å². The number of carboxylic acids is 1. The maximum Gasteiger partial charge on any atom is 0.305 e. The third-order valence-electron chi connectivity index (χ3n) is 3.36. The summed E-state index contributed by atoms with van der Waals surface area (Å²) in [4.78, 5) is 22.9. The van der Waals surface area contributed by atoms with Gasteiger partial charge < -0.3 is 10.4 Å². The van der Waals surface area contributed by atoms with Gasteiger partial charge in [0.15, 0.2) is 0 Å². The number of hydrogen-bond donors (Lipinski definition) is 2. The van der Waals surface area contributed by atoms with Crippen LogP contribution in [-0.4, -0.2) is 22.5 Å². The highest BCUT2D eigenvalue weighted by atomic mass is 19.1. The van der Waals surface area contributed by atoms with Crippen molar-refractivity contribution < 1.29 is 23.5 Å². The van der Waals surface area contributed by atoms with E-state index in [2.05, 4.69) is 5.32 Å². The van der Waals surface area contributed by atoms with E-state index in [0.717, 1.165) is 18.2 Å². The molecule has 1 rings (SSSR count). The highest BCUT2D eigenvalue weighted by molar-refractivity contribution is 5.95. The fourth-order valence-electron chi connectivity index (χ4n) is 1.70. The van der Waals surface area contributed by atoms with Crippen LogP contribution in [0.3, 0.4) is 0 Å². The van der Waals surface area contributed by atoms with Crippen molar-refractivity contribution in [2.75, 3.05) is 0 Å². The molecular formula is C14H17F2NO3. The van der Waals surface area contributed by atoms with Gasteiger partial charge in [-0.25, -0.2) is 8.78 Å². The molecule has 0 fully saturated rings. The normalized spacial score (nSPS) is 13.9. The summed E-state index contributed by atoms with van der Waals surface area (Å²) in [6.07, 6.45) is -0.312. The first-order valence-electron chi connectivity index (χ1n) is 6.15. The van der Waals surface area contributed by atoms with Gasteiger partial charge in [-0.05, 0) is 31.0 Å². The van der Waals surface area contributed by atoms with Gasteiger partial charge in [-0.1, -0.05) is 13.8 Å². The molecule has 0 radical (unpaired) electrons. The molecule has 0 heterocycles. The van der Waals surface area contributed by atoms with E-state index in [9.17, 15) is 18.4 Å². The second kappa shape index (κ2) is 5.98. The molecule has 0 bridgehead atoms. The topological polar surface area (TPSA) is 66.4 Å². The van der Waals surface area contributed by atoms with Gasteiger partial charge in [0, 0.05) is 0 Å². The van der Waals surface area contributed by atoms with Gasteiger partial charge in [0.05, 0.1) is 17.5 Å². The summed E-state index contributed by atoms with van der Waals surface area (Å²) in [6.45, 7) is 5.04. The Hall–Kier alpha value is -1.98. The van der Waals surface area contributed by atoms with E-state index < -0.39 is 34.6 Å². The van der Waals surface area contributed by atoms with Crippen LogP contribution >= 0.6 is 0 Å². The van der Waals surface area contributed by atoms with Crippen molar-refractivity contribution >= 4 is 11.9 Å². The Kier molecular flexibility index (Phi) is 4.81. The molecule has 1 unspecified atom stereocenters. The van der Waals surface area contributed by atoms with Crippen molar-refractivity contribution in [3.8, 4) is 0 Å². The molecule has 0 aliphatic rings. The second-order valence-electron chi connectivity index (χ2n) is 5.22. The molecule has 0 saturated heterocycles. The number of aliphatic carboxylic acids is 1. The quantitative estimate of drug-likeness (QED) is 0.873. The third kappa shape index (κ3) is 3.76. The van der Waals surface area contributed by atoms with Gasteiger partial charge >= 0.3 is 5.97 Å². The first-order valence-corrected chi connectivity index (χ1v) is 6.15. The molecule has 0 spiro atoms. The van der Waals surface area contributed by atoms with Gasteiger partial charge in [-0.3, -0.25) is 9.59 Å². The Labute approximate surface area is 115 Å². The molecule has 1 aromatic carbocycles. The smallest absolute Gasteiger partial charge is 0.305 e. The third-order valence-corrected chi connectivity index (χ3v) is 3.36. The molecule has 0 aliphatic heterocycles. The van der Waals surface area contributed by atoms with E-state index in [4.69, 9.17) is 5.11 Å². The molecule has 4 nitrogen and oxygen atoms in total. The molecule has 0 saturated carbocycles. The monoisotopic (exact) mass is 285 g/mol. The van der Waals surface area contributed by atoms with Crippen LogP contribution < -0.4 is 5.32 Å². The van der Waals surface area contributed by atoms with Crippen LogP contribution in [0.25, 0.3) is 0 Å². The molecule has 0 aromatic heterocycles. The van der Waals surface area contributed by atoms with E-state index in [-0.39, 0.29) is 12.3 Å². The summed E-state index contributed by atoms with van der Waals surface area (Å²) < 4.78 is 26.6. The molecule has 110 valence electrons. The van der Waals surface area contributed by atoms with Crippen LogP contribution in [0.4, 0.5) is 8.78 Å². The van der Waals surface area contributed by atoms with Crippen LogP contribution in [0.15, 0.2) is 18.2 Å². The summed E-state index contributed by atoms with van der Waals surface area (Å²) in [5.41, 5.74) is -1.50. The Bertz CT molecular complexity index is 531. The van der Waals surface area contributed by atoms with Gasteiger partial charge in [0.1, 0.15) is 11.6 Å². The number of hydrogen-bond acceptors (Lipinski definition) is 2. The summed E-state index contributed by atoms with van der Waals surface area (Å²) in [5.74, 6) is -3.70. The Morgan fingerprint density at radius 3 is 2.45 bits per heavy atom. The van der Waals surface area contributed by atoms with Crippen molar-refractivity contribution in [2.45, 2.75) is 32.7 Å². The lowest BCUT2D eigenvalue weighted by Crippen LogP contribution is -2.51. The number of halogens is 2. The second-order valence-corrected chi connectivity index (χ2v) is 5.22. The largest absolute Gasteiger partial charge is 0.481 e. The van der Waals surface area contributed by atoms with E-state index in [1.54, 1.807) is 20.8 Å². The lowest BCUT2D eigenvalue weighted by Gasteiger charge is -2.33. The molecule has 1 aromatic rings. The Balaban J connectivity index is 3.02. The molecule has 20 heavy (non-hydrogen) atoms. The van der Waals surface area contributed by atoms with Crippen LogP contribution in [0.1, 0.15) is 37.6 Å². The summed E-state index contributed by atoms with van der Waals surface area (Å²) >= 11 is 0.